The molecular weight excluding hydrogens is 375 g/mol. The van der Waals surface area contributed by atoms with E-state index in [9.17, 15) is 0 Å². The fraction of sp³-hybridized carbons (Fsp3) is 0.111. The monoisotopic (exact) mass is 390 g/mol. The molecule has 0 radical (unpaired) electrons. The summed E-state index contributed by atoms with van der Waals surface area (Å²) in [5.74, 6) is 0. The summed E-state index contributed by atoms with van der Waals surface area (Å²) in [4.78, 5) is 0. The zero-order valence-electron chi connectivity index (χ0n) is 13.5. The van der Waals surface area contributed by atoms with Crippen molar-refractivity contribution in [3.8, 4) is 0 Å². The predicted octanol–water partition coefficient (Wildman–Crippen LogP) is 5.36. The number of nitrogens with one attached hydrogen (secondary N) is 2. The molecule has 0 saturated heterocycles. The van der Waals surface area contributed by atoms with E-state index >= 15 is 0 Å². The van der Waals surface area contributed by atoms with Gasteiger partial charge in [-0.1, -0.05) is 47.5 Å². The quantitative estimate of drug-likeness (QED) is 0.588. The van der Waals surface area contributed by atoms with E-state index in [2.05, 4.69) is 34.8 Å². The Hall–Kier alpha value is -2.08. The van der Waals surface area contributed by atoms with E-state index in [4.69, 9.17) is 35.4 Å². The Bertz CT molecular complexity index is 908. The van der Waals surface area contributed by atoms with Gasteiger partial charge in [-0.05, 0) is 48.5 Å². The number of benzene rings is 2. The van der Waals surface area contributed by atoms with Gasteiger partial charge in [0.05, 0.1) is 28.5 Å². The molecule has 0 atom stereocenters. The van der Waals surface area contributed by atoms with E-state index in [0.29, 0.717) is 21.7 Å². The molecule has 2 N–H and O–H groups in total. The summed E-state index contributed by atoms with van der Waals surface area (Å²) in [5.41, 5.74) is 4.04. The van der Waals surface area contributed by atoms with Crippen LogP contribution in [0.15, 0.2) is 54.9 Å². The highest BCUT2D eigenvalue weighted by molar-refractivity contribution is 7.80. The van der Waals surface area contributed by atoms with Crippen molar-refractivity contribution in [1.29, 1.82) is 0 Å². The zero-order chi connectivity index (χ0) is 17.8. The van der Waals surface area contributed by atoms with E-state index < -0.39 is 0 Å². The molecule has 1 aromatic heterocycles. The third-order valence-electron chi connectivity index (χ3n) is 3.66. The fourth-order valence-electron chi connectivity index (χ4n) is 2.34. The van der Waals surface area contributed by atoms with Gasteiger partial charge in [0.2, 0.25) is 0 Å². The van der Waals surface area contributed by atoms with Crippen molar-refractivity contribution in [2.75, 3.05) is 10.6 Å². The van der Waals surface area contributed by atoms with Crippen molar-refractivity contribution in [2.24, 2.45) is 0 Å². The van der Waals surface area contributed by atoms with Crippen molar-refractivity contribution >= 4 is 51.9 Å². The van der Waals surface area contributed by atoms with Crippen LogP contribution >= 0.6 is 35.4 Å². The highest BCUT2D eigenvalue weighted by Crippen LogP contribution is 2.25. The van der Waals surface area contributed by atoms with Crippen molar-refractivity contribution < 1.29 is 0 Å². The fourth-order valence-corrected chi connectivity index (χ4v) is 2.88. The maximum absolute atomic E-state index is 6.00. The lowest BCUT2D eigenvalue weighted by Crippen LogP contribution is -2.18. The third-order valence-corrected chi connectivity index (χ3v) is 4.61. The van der Waals surface area contributed by atoms with Crippen LogP contribution in [0, 0.1) is 6.92 Å². The molecule has 128 valence electrons. The minimum atomic E-state index is 0.453. The molecule has 0 aliphatic heterocycles. The molecule has 25 heavy (non-hydrogen) atoms. The smallest absolute Gasteiger partial charge is 0.175 e. The minimum absolute atomic E-state index is 0.453. The van der Waals surface area contributed by atoms with E-state index in [-0.39, 0.29) is 0 Å². The SMILES string of the molecule is Cc1ccccc1Cn1cc(NC(=S)Nc2ccc(Cl)c(Cl)c2)cn1. The Kier molecular flexibility index (Phi) is 5.58. The number of hydrogen-bond acceptors (Lipinski definition) is 2. The molecule has 7 heteroatoms. The summed E-state index contributed by atoms with van der Waals surface area (Å²) in [6, 6.07) is 13.5. The first-order valence-electron chi connectivity index (χ1n) is 7.61. The maximum Gasteiger partial charge on any atom is 0.175 e. The molecule has 0 aliphatic carbocycles. The highest BCUT2D eigenvalue weighted by atomic mass is 35.5. The Morgan fingerprint density at radius 3 is 2.60 bits per heavy atom. The van der Waals surface area contributed by atoms with E-state index in [1.54, 1.807) is 18.3 Å². The number of nitrogens with zero attached hydrogens (tertiary/aromatic N) is 2. The van der Waals surface area contributed by atoms with Crippen LogP contribution in [0.1, 0.15) is 11.1 Å². The summed E-state index contributed by atoms with van der Waals surface area (Å²) in [6.45, 7) is 2.80. The lowest BCUT2D eigenvalue weighted by Gasteiger charge is -2.09. The number of rotatable bonds is 4. The number of hydrogen-bond donors (Lipinski definition) is 2. The molecule has 0 saturated carbocycles. The molecule has 0 fully saturated rings. The first-order chi connectivity index (χ1) is 12.0. The molecule has 0 unspecified atom stereocenters. The van der Waals surface area contributed by atoms with Crippen molar-refractivity contribution in [3.63, 3.8) is 0 Å². The van der Waals surface area contributed by atoms with Gasteiger partial charge in [-0.3, -0.25) is 4.68 Å². The standard InChI is InChI=1S/C18H16Cl2N4S/c1-12-4-2-3-5-13(12)10-24-11-15(9-21-24)23-18(25)22-14-6-7-16(19)17(20)8-14/h2-9,11H,10H2,1H3,(H2,22,23,25). The van der Waals surface area contributed by atoms with Crippen LogP contribution in [-0.4, -0.2) is 14.9 Å². The lowest BCUT2D eigenvalue weighted by atomic mass is 10.1. The molecule has 0 bridgehead atoms. The summed E-state index contributed by atoms with van der Waals surface area (Å²) >= 11 is 17.2. The van der Waals surface area contributed by atoms with Crippen LogP contribution in [0.5, 0.6) is 0 Å². The molecular formula is C18H16Cl2N4S. The summed E-state index contributed by atoms with van der Waals surface area (Å²) in [6.07, 6.45) is 3.65. The van der Waals surface area contributed by atoms with Gasteiger partial charge in [-0.2, -0.15) is 5.10 Å². The van der Waals surface area contributed by atoms with E-state index in [1.165, 1.54) is 11.1 Å². The number of halogens is 2. The largest absolute Gasteiger partial charge is 0.332 e. The number of aromatic nitrogens is 2. The average molecular weight is 391 g/mol. The topological polar surface area (TPSA) is 41.9 Å². The van der Waals surface area contributed by atoms with Crippen LogP contribution in [0.25, 0.3) is 0 Å². The van der Waals surface area contributed by atoms with Crippen LogP contribution in [-0.2, 0) is 6.54 Å². The average Bonchev–Trinajstić information content (AvgIpc) is 3.00. The maximum atomic E-state index is 6.00. The van der Waals surface area contributed by atoms with Gasteiger partial charge in [0, 0.05) is 11.9 Å². The second kappa shape index (κ2) is 7.87. The third kappa shape index (κ3) is 4.72. The van der Waals surface area contributed by atoms with Crippen LogP contribution < -0.4 is 10.6 Å². The second-order valence-electron chi connectivity index (χ2n) is 5.56. The molecule has 3 rings (SSSR count). The first-order valence-corrected chi connectivity index (χ1v) is 8.78. The lowest BCUT2D eigenvalue weighted by molar-refractivity contribution is 0.684. The van der Waals surface area contributed by atoms with Gasteiger partial charge in [0.25, 0.3) is 0 Å². The van der Waals surface area contributed by atoms with Crippen molar-refractivity contribution in [1.82, 2.24) is 9.78 Å². The molecule has 0 spiro atoms. The molecule has 4 nitrogen and oxygen atoms in total. The van der Waals surface area contributed by atoms with Crippen molar-refractivity contribution in [3.05, 3.63) is 76.0 Å². The Balaban J connectivity index is 1.61. The van der Waals surface area contributed by atoms with Gasteiger partial charge >= 0.3 is 0 Å². The molecule has 1 heterocycles. The molecule has 0 amide bonds. The molecule has 3 aromatic rings. The van der Waals surface area contributed by atoms with Gasteiger partial charge in [-0.25, -0.2) is 0 Å². The van der Waals surface area contributed by atoms with Crippen molar-refractivity contribution in [2.45, 2.75) is 13.5 Å². The van der Waals surface area contributed by atoms with E-state index in [0.717, 1.165) is 11.4 Å². The Morgan fingerprint density at radius 1 is 1.08 bits per heavy atom. The summed E-state index contributed by atoms with van der Waals surface area (Å²) in [7, 11) is 0. The van der Waals surface area contributed by atoms with Crippen LogP contribution in [0.3, 0.4) is 0 Å². The second-order valence-corrected chi connectivity index (χ2v) is 6.78. The minimum Gasteiger partial charge on any atom is -0.332 e. The normalized spacial score (nSPS) is 10.5. The Morgan fingerprint density at radius 2 is 1.84 bits per heavy atom. The van der Waals surface area contributed by atoms with Crippen LogP contribution in [0.2, 0.25) is 10.0 Å². The Labute approximate surface area is 161 Å². The summed E-state index contributed by atoms with van der Waals surface area (Å²) in [5, 5.41) is 12.0. The highest BCUT2D eigenvalue weighted by Gasteiger charge is 2.05. The number of thiocarbonyl (C=S) groups is 1. The van der Waals surface area contributed by atoms with Gasteiger partial charge in [-0.15, -0.1) is 0 Å². The number of aryl methyl sites for hydroxylation is 1. The first kappa shape index (κ1) is 17.7. The molecule has 0 aliphatic rings. The van der Waals surface area contributed by atoms with Gasteiger partial charge in [0.15, 0.2) is 5.11 Å². The molecule has 2 aromatic carbocycles. The van der Waals surface area contributed by atoms with Gasteiger partial charge < -0.3 is 10.6 Å². The predicted molar refractivity (Wildman–Crippen MR) is 109 cm³/mol. The summed E-state index contributed by atoms with van der Waals surface area (Å²) < 4.78 is 1.87. The van der Waals surface area contributed by atoms with Gasteiger partial charge in [0.1, 0.15) is 0 Å². The zero-order valence-corrected chi connectivity index (χ0v) is 15.8. The van der Waals surface area contributed by atoms with Crippen LogP contribution in [0.4, 0.5) is 11.4 Å². The number of anilines is 2. The van der Waals surface area contributed by atoms with E-state index in [1.807, 2.05) is 29.1 Å².